The van der Waals surface area contributed by atoms with Gasteiger partial charge in [-0.3, -0.25) is 4.79 Å². The fourth-order valence-electron chi connectivity index (χ4n) is 3.77. The third-order valence-electron chi connectivity index (χ3n) is 5.87. The minimum absolute atomic E-state index is 0.000249. The fraction of sp³-hybridized carbons (Fsp3) is 0.300. The zero-order valence-electron chi connectivity index (χ0n) is 22.3. The summed E-state index contributed by atoms with van der Waals surface area (Å²) >= 11 is 18.1. The molecule has 218 valence electrons. The van der Waals surface area contributed by atoms with Crippen molar-refractivity contribution in [3.63, 3.8) is 0 Å². The number of hydrogen-bond acceptors (Lipinski definition) is 7. The smallest absolute Gasteiger partial charge is 0.413 e. The number of anilines is 1. The zero-order valence-corrected chi connectivity index (χ0v) is 24.5. The molecule has 1 N–H and O–H groups in total. The Morgan fingerprint density at radius 3 is 1.95 bits per heavy atom. The van der Waals surface area contributed by atoms with Crippen LogP contribution in [0, 0.1) is 0 Å². The van der Waals surface area contributed by atoms with Crippen molar-refractivity contribution < 1.29 is 28.6 Å². The topological polar surface area (TPSA) is 94.2 Å². The minimum atomic E-state index is -1.17. The highest BCUT2D eigenvalue weighted by Crippen LogP contribution is 2.30. The van der Waals surface area contributed by atoms with Gasteiger partial charge in [-0.25, -0.2) is 9.59 Å². The average molecular weight is 622 g/mol. The molecule has 0 aliphatic carbocycles. The van der Waals surface area contributed by atoms with E-state index >= 15 is 0 Å². The molecule has 0 spiro atoms. The van der Waals surface area contributed by atoms with Gasteiger partial charge in [-0.1, -0.05) is 72.3 Å². The first-order valence-corrected chi connectivity index (χ1v) is 14.4. The molecule has 0 saturated heterocycles. The van der Waals surface area contributed by atoms with Gasteiger partial charge in [-0.2, -0.15) is 0 Å². The van der Waals surface area contributed by atoms with Gasteiger partial charge in [0.2, 0.25) is 0 Å². The number of carbonyl (C=O) groups is 3. The normalized spacial score (nSPS) is 11.3. The Balaban J connectivity index is 1.62. The highest BCUT2D eigenvalue weighted by Gasteiger charge is 2.25. The summed E-state index contributed by atoms with van der Waals surface area (Å²) in [5, 5.41) is 2.67. The summed E-state index contributed by atoms with van der Waals surface area (Å²) in [6.45, 7) is 1.22. The lowest BCUT2D eigenvalue weighted by Crippen LogP contribution is -2.43. The first kappa shape index (κ1) is 32.1. The summed E-state index contributed by atoms with van der Waals surface area (Å²) in [7, 11) is 0. The summed E-state index contributed by atoms with van der Waals surface area (Å²) in [6, 6.07) is 22.0. The van der Waals surface area contributed by atoms with Gasteiger partial charge in [0.05, 0.1) is 5.02 Å². The van der Waals surface area contributed by atoms with Gasteiger partial charge in [0.15, 0.2) is 5.75 Å². The molecule has 3 aromatic carbocycles. The molecule has 11 heteroatoms. The SMILES string of the molecule is O=C(CC[C@H](NC(=O)Oc1ccc(N(CCCl)CCCl)cc1Cl)C(=O)OCc1ccccc1)OCc1ccccc1. The van der Waals surface area contributed by atoms with Crippen molar-refractivity contribution in [3.8, 4) is 5.75 Å². The Labute approximate surface area is 254 Å². The third kappa shape index (κ3) is 11.1. The monoisotopic (exact) mass is 620 g/mol. The van der Waals surface area contributed by atoms with Crippen LogP contribution in [0.25, 0.3) is 0 Å². The Kier molecular flexibility index (Phi) is 13.6. The van der Waals surface area contributed by atoms with E-state index in [9.17, 15) is 14.4 Å². The average Bonchev–Trinajstić information content (AvgIpc) is 2.99. The van der Waals surface area contributed by atoms with E-state index < -0.39 is 24.1 Å². The predicted molar refractivity (Wildman–Crippen MR) is 160 cm³/mol. The van der Waals surface area contributed by atoms with E-state index in [1.54, 1.807) is 24.3 Å². The van der Waals surface area contributed by atoms with E-state index in [1.807, 2.05) is 53.4 Å². The molecule has 0 aliphatic heterocycles. The van der Waals surface area contributed by atoms with Gasteiger partial charge >= 0.3 is 18.0 Å². The summed E-state index contributed by atoms with van der Waals surface area (Å²) < 4.78 is 16.1. The number of halogens is 3. The second-order valence-corrected chi connectivity index (χ2v) is 10.0. The second kappa shape index (κ2) is 17.4. The predicted octanol–water partition coefficient (Wildman–Crippen LogP) is 6.35. The minimum Gasteiger partial charge on any atom is -0.461 e. The number of nitrogens with one attached hydrogen (secondary N) is 1. The van der Waals surface area contributed by atoms with E-state index in [2.05, 4.69) is 5.32 Å². The lowest BCUT2D eigenvalue weighted by molar-refractivity contribution is -0.148. The Hall–Kier alpha value is -3.46. The number of ether oxygens (including phenoxy) is 3. The molecule has 3 rings (SSSR count). The molecule has 0 saturated carbocycles. The van der Waals surface area contributed by atoms with Crippen molar-refractivity contribution >= 4 is 58.5 Å². The molecular formula is C30H31Cl3N2O6. The van der Waals surface area contributed by atoms with E-state index in [0.717, 1.165) is 16.8 Å². The lowest BCUT2D eigenvalue weighted by atomic mass is 10.1. The quantitative estimate of drug-likeness (QED) is 0.156. The number of nitrogens with zero attached hydrogens (tertiary/aromatic N) is 1. The van der Waals surface area contributed by atoms with Crippen molar-refractivity contribution in [3.05, 3.63) is 95.0 Å². The highest BCUT2D eigenvalue weighted by atomic mass is 35.5. The van der Waals surface area contributed by atoms with Crippen LogP contribution < -0.4 is 15.0 Å². The molecule has 0 aliphatic rings. The maximum Gasteiger partial charge on any atom is 0.413 e. The van der Waals surface area contributed by atoms with Crippen molar-refractivity contribution in [1.29, 1.82) is 0 Å². The molecule has 0 bridgehead atoms. The molecule has 1 amide bonds. The van der Waals surface area contributed by atoms with Gasteiger partial charge in [0, 0.05) is 37.0 Å². The van der Waals surface area contributed by atoms with Crippen molar-refractivity contribution in [2.24, 2.45) is 0 Å². The Morgan fingerprint density at radius 2 is 1.39 bits per heavy atom. The van der Waals surface area contributed by atoms with Gasteiger partial charge < -0.3 is 24.4 Å². The summed E-state index contributed by atoms with van der Waals surface area (Å²) in [5.41, 5.74) is 2.37. The summed E-state index contributed by atoms with van der Waals surface area (Å²) in [4.78, 5) is 40.0. The number of benzene rings is 3. The molecule has 0 radical (unpaired) electrons. The van der Waals surface area contributed by atoms with Crippen molar-refractivity contribution in [2.75, 3.05) is 29.7 Å². The van der Waals surface area contributed by atoms with Crippen molar-refractivity contribution in [2.45, 2.75) is 32.1 Å². The highest BCUT2D eigenvalue weighted by molar-refractivity contribution is 6.32. The molecule has 41 heavy (non-hydrogen) atoms. The van der Waals surface area contributed by atoms with Crippen molar-refractivity contribution in [1.82, 2.24) is 5.32 Å². The maximum atomic E-state index is 12.9. The van der Waals surface area contributed by atoms with Crippen LogP contribution in [0.15, 0.2) is 78.9 Å². The van der Waals surface area contributed by atoms with Crippen LogP contribution in [0.4, 0.5) is 10.5 Å². The van der Waals surface area contributed by atoms with Crippen LogP contribution in [-0.2, 0) is 32.3 Å². The lowest BCUT2D eigenvalue weighted by Gasteiger charge is -2.23. The van der Waals surface area contributed by atoms with Crippen LogP contribution in [-0.4, -0.2) is 48.9 Å². The van der Waals surface area contributed by atoms with Crippen LogP contribution in [0.2, 0.25) is 5.02 Å². The molecule has 0 unspecified atom stereocenters. The van der Waals surface area contributed by atoms with Crippen LogP contribution in [0.1, 0.15) is 24.0 Å². The third-order valence-corrected chi connectivity index (χ3v) is 6.51. The van der Waals surface area contributed by atoms with Gasteiger partial charge in [0.1, 0.15) is 19.3 Å². The largest absolute Gasteiger partial charge is 0.461 e. The first-order valence-electron chi connectivity index (χ1n) is 12.9. The van der Waals surface area contributed by atoms with E-state index in [1.165, 1.54) is 6.07 Å². The number of alkyl halides is 2. The number of rotatable bonds is 15. The molecule has 1 atom stereocenters. The molecule has 0 heterocycles. The number of esters is 2. The van der Waals surface area contributed by atoms with Crippen LogP contribution in [0.5, 0.6) is 5.75 Å². The molecule has 0 aromatic heterocycles. The molecule has 8 nitrogen and oxygen atoms in total. The Bertz CT molecular complexity index is 1260. The molecule has 3 aromatic rings. The second-order valence-electron chi connectivity index (χ2n) is 8.84. The summed E-state index contributed by atoms with van der Waals surface area (Å²) in [6.07, 6.45) is -1.13. The molecule has 0 fully saturated rings. The first-order chi connectivity index (χ1) is 19.9. The zero-order chi connectivity index (χ0) is 29.5. The van der Waals surface area contributed by atoms with Gasteiger partial charge in [-0.05, 0) is 35.7 Å². The van der Waals surface area contributed by atoms with Crippen LogP contribution >= 0.6 is 34.8 Å². The summed E-state index contributed by atoms with van der Waals surface area (Å²) in [5.74, 6) is -0.362. The van der Waals surface area contributed by atoms with E-state index in [-0.39, 0.29) is 36.8 Å². The Morgan fingerprint density at radius 1 is 0.805 bits per heavy atom. The maximum absolute atomic E-state index is 12.9. The number of hydrogen-bond donors (Lipinski definition) is 1. The number of amides is 1. The number of carbonyl (C=O) groups excluding carboxylic acids is 3. The van der Waals surface area contributed by atoms with E-state index in [4.69, 9.17) is 49.0 Å². The van der Waals surface area contributed by atoms with E-state index in [0.29, 0.717) is 24.8 Å². The fourth-order valence-corrected chi connectivity index (χ4v) is 4.39. The van der Waals surface area contributed by atoms with Gasteiger partial charge in [-0.15, -0.1) is 23.2 Å². The van der Waals surface area contributed by atoms with Crippen LogP contribution in [0.3, 0.4) is 0 Å². The molecular weight excluding hydrogens is 591 g/mol. The van der Waals surface area contributed by atoms with Gasteiger partial charge in [0.25, 0.3) is 0 Å². The standard InChI is InChI=1S/C30H31Cl3N2O6/c31-15-17-35(18-16-32)24-11-13-27(25(33)19-24)41-30(38)34-26(29(37)40-21-23-9-5-2-6-10-23)12-14-28(36)39-20-22-7-3-1-4-8-22/h1-11,13,19,26H,12,14-18,20-21H2,(H,34,38)/t26-/m0/s1.